The summed E-state index contributed by atoms with van der Waals surface area (Å²) < 4.78 is 0. The van der Waals surface area contributed by atoms with E-state index in [9.17, 15) is 4.79 Å². The van der Waals surface area contributed by atoms with Gasteiger partial charge in [0.1, 0.15) is 0 Å². The number of amides is 1. The Morgan fingerprint density at radius 1 is 1.53 bits per heavy atom. The smallest absolute Gasteiger partial charge is 0.234 e. The third-order valence-electron chi connectivity index (χ3n) is 2.78. The van der Waals surface area contributed by atoms with E-state index in [0.717, 1.165) is 12.0 Å². The third-order valence-corrected chi connectivity index (χ3v) is 3.68. The molecule has 1 aromatic rings. The molecule has 0 aliphatic carbocycles. The Morgan fingerprint density at radius 3 is 3.16 bits per heavy atom. The van der Waals surface area contributed by atoms with Crippen LogP contribution in [0.1, 0.15) is 18.4 Å². The number of hydrazine groups is 1. The molecule has 2 rings (SSSR count). The Kier molecular flexibility index (Phi) is 5.08. The van der Waals surface area contributed by atoms with Crippen LogP contribution in [0.2, 0.25) is 0 Å². The predicted octanol–water partition coefficient (Wildman–Crippen LogP) is 2.21. The van der Waals surface area contributed by atoms with E-state index in [1.54, 1.807) is 11.8 Å². The van der Waals surface area contributed by atoms with Crippen molar-refractivity contribution in [3.8, 4) is 12.3 Å². The second-order valence-electron chi connectivity index (χ2n) is 4.26. The molecule has 1 aromatic carbocycles. The largest absolute Gasteiger partial charge is 0.291 e. The molecule has 0 spiro atoms. The van der Waals surface area contributed by atoms with Gasteiger partial charge in [0.15, 0.2) is 0 Å². The van der Waals surface area contributed by atoms with E-state index in [1.807, 2.05) is 6.07 Å². The number of thioether (sulfide) groups is 1. The normalized spacial score (nSPS) is 19.1. The Hall–Kier alpha value is -1.70. The first kappa shape index (κ1) is 13.7. The standard InChI is InChI=1S/C15H16N2OS/c1-2-10-19-14-5-3-4-12(11-14)6-7-13-8-9-15(18)17-16-13/h1,3-7,11,13,16H,8-10H2,(H,17,18)/b7-6+. The average Bonchev–Trinajstić information content (AvgIpc) is 2.45. The van der Waals surface area contributed by atoms with Crippen molar-refractivity contribution >= 4 is 23.7 Å². The molecule has 1 saturated heterocycles. The first-order valence-corrected chi connectivity index (χ1v) is 7.15. The monoisotopic (exact) mass is 272 g/mol. The second-order valence-corrected chi connectivity index (χ2v) is 5.31. The lowest BCUT2D eigenvalue weighted by Crippen LogP contribution is -2.48. The minimum Gasteiger partial charge on any atom is -0.291 e. The van der Waals surface area contributed by atoms with Gasteiger partial charge >= 0.3 is 0 Å². The Morgan fingerprint density at radius 2 is 2.42 bits per heavy atom. The molecule has 1 aliphatic rings. The summed E-state index contributed by atoms with van der Waals surface area (Å²) in [7, 11) is 0. The number of carbonyl (C=O) groups is 1. The molecule has 3 nitrogen and oxygen atoms in total. The number of hydrogen-bond donors (Lipinski definition) is 2. The molecule has 0 aromatic heterocycles. The molecule has 1 heterocycles. The summed E-state index contributed by atoms with van der Waals surface area (Å²) in [5.74, 6) is 3.36. The van der Waals surface area contributed by atoms with Gasteiger partial charge < -0.3 is 0 Å². The summed E-state index contributed by atoms with van der Waals surface area (Å²) in [6.45, 7) is 0. The van der Waals surface area contributed by atoms with Gasteiger partial charge in [0.25, 0.3) is 0 Å². The average molecular weight is 272 g/mol. The van der Waals surface area contributed by atoms with E-state index in [0.29, 0.717) is 12.2 Å². The van der Waals surface area contributed by atoms with Gasteiger partial charge in [-0.2, -0.15) is 0 Å². The van der Waals surface area contributed by atoms with Gasteiger partial charge in [-0.1, -0.05) is 30.2 Å². The van der Waals surface area contributed by atoms with Gasteiger partial charge in [-0.25, -0.2) is 5.43 Å². The number of benzene rings is 1. The molecule has 1 atom stereocenters. The van der Waals surface area contributed by atoms with Crippen LogP contribution in [0, 0.1) is 12.3 Å². The summed E-state index contributed by atoms with van der Waals surface area (Å²) >= 11 is 1.65. The highest BCUT2D eigenvalue weighted by Gasteiger charge is 2.14. The third kappa shape index (κ3) is 4.47. The van der Waals surface area contributed by atoms with Crippen LogP contribution in [0.15, 0.2) is 35.2 Å². The lowest BCUT2D eigenvalue weighted by molar-refractivity contribution is -0.123. The van der Waals surface area contributed by atoms with Crippen LogP contribution in [-0.4, -0.2) is 17.7 Å². The number of carbonyl (C=O) groups excluding carboxylic acids is 1. The van der Waals surface area contributed by atoms with Crippen LogP contribution in [0.3, 0.4) is 0 Å². The molecule has 1 aliphatic heterocycles. The molecule has 98 valence electrons. The first-order chi connectivity index (χ1) is 9.28. The van der Waals surface area contributed by atoms with E-state index < -0.39 is 0 Å². The molecule has 1 amide bonds. The van der Waals surface area contributed by atoms with Gasteiger partial charge in [-0.3, -0.25) is 10.2 Å². The molecule has 1 fully saturated rings. The van der Waals surface area contributed by atoms with Gasteiger partial charge in [0.2, 0.25) is 5.91 Å². The van der Waals surface area contributed by atoms with E-state index in [1.165, 1.54) is 4.90 Å². The lowest BCUT2D eigenvalue weighted by atomic mass is 10.1. The number of rotatable bonds is 4. The molecule has 0 radical (unpaired) electrons. The summed E-state index contributed by atoms with van der Waals surface area (Å²) in [5.41, 5.74) is 6.75. The second kappa shape index (κ2) is 7.03. The van der Waals surface area contributed by atoms with Crippen LogP contribution in [0.25, 0.3) is 6.08 Å². The molecule has 1 unspecified atom stereocenters. The van der Waals surface area contributed by atoms with Crippen molar-refractivity contribution in [3.63, 3.8) is 0 Å². The lowest BCUT2D eigenvalue weighted by Gasteiger charge is -2.20. The van der Waals surface area contributed by atoms with Gasteiger partial charge in [-0.05, 0) is 24.1 Å². The molecular formula is C15H16N2OS. The highest BCUT2D eigenvalue weighted by molar-refractivity contribution is 7.99. The fourth-order valence-electron chi connectivity index (χ4n) is 1.80. The van der Waals surface area contributed by atoms with Crippen molar-refractivity contribution < 1.29 is 4.79 Å². The molecule has 4 heteroatoms. The number of hydrogen-bond acceptors (Lipinski definition) is 3. The van der Waals surface area contributed by atoms with Crippen molar-refractivity contribution in [2.45, 2.75) is 23.8 Å². The van der Waals surface area contributed by atoms with E-state index in [-0.39, 0.29) is 11.9 Å². The topological polar surface area (TPSA) is 41.1 Å². The maximum absolute atomic E-state index is 11.0. The van der Waals surface area contributed by atoms with Crippen LogP contribution in [-0.2, 0) is 4.79 Å². The zero-order valence-electron chi connectivity index (χ0n) is 10.6. The van der Waals surface area contributed by atoms with E-state index in [4.69, 9.17) is 6.42 Å². The number of terminal acetylenes is 1. The first-order valence-electron chi connectivity index (χ1n) is 6.17. The highest BCUT2D eigenvalue weighted by atomic mass is 32.2. The predicted molar refractivity (Wildman–Crippen MR) is 79.3 cm³/mol. The van der Waals surface area contributed by atoms with Gasteiger partial charge in [0.05, 0.1) is 5.75 Å². The fourth-order valence-corrected chi connectivity index (χ4v) is 2.44. The van der Waals surface area contributed by atoms with Crippen LogP contribution in [0.4, 0.5) is 0 Å². The summed E-state index contributed by atoms with van der Waals surface area (Å²) in [6, 6.07) is 8.44. The van der Waals surface area contributed by atoms with Gasteiger partial charge in [-0.15, -0.1) is 18.2 Å². The van der Waals surface area contributed by atoms with Crippen molar-refractivity contribution in [2.75, 3.05) is 5.75 Å². The summed E-state index contributed by atoms with van der Waals surface area (Å²) in [4.78, 5) is 12.2. The Labute approximate surface area is 117 Å². The minimum absolute atomic E-state index is 0.0531. The van der Waals surface area contributed by atoms with Crippen LogP contribution < -0.4 is 10.9 Å². The van der Waals surface area contributed by atoms with Crippen molar-refractivity contribution in [3.05, 3.63) is 35.9 Å². The highest BCUT2D eigenvalue weighted by Crippen LogP contribution is 2.19. The maximum Gasteiger partial charge on any atom is 0.234 e. The maximum atomic E-state index is 11.0. The van der Waals surface area contributed by atoms with Crippen molar-refractivity contribution in [1.82, 2.24) is 10.9 Å². The zero-order valence-corrected chi connectivity index (χ0v) is 11.4. The van der Waals surface area contributed by atoms with E-state index >= 15 is 0 Å². The van der Waals surface area contributed by atoms with Crippen molar-refractivity contribution in [2.24, 2.45) is 0 Å². The molecule has 19 heavy (non-hydrogen) atoms. The molecular weight excluding hydrogens is 256 g/mol. The summed E-state index contributed by atoms with van der Waals surface area (Å²) in [5, 5.41) is 0. The number of nitrogens with one attached hydrogen (secondary N) is 2. The summed E-state index contributed by atoms with van der Waals surface area (Å²) in [6.07, 6.45) is 10.8. The van der Waals surface area contributed by atoms with Crippen molar-refractivity contribution in [1.29, 1.82) is 0 Å². The quantitative estimate of drug-likeness (QED) is 0.652. The SMILES string of the molecule is C#CCSc1cccc(/C=C/C2CCC(=O)NN2)c1. The zero-order chi connectivity index (χ0) is 13.5. The molecule has 0 saturated carbocycles. The Balaban J connectivity index is 1.94. The van der Waals surface area contributed by atoms with Crippen LogP contribution in [0.5, 0.6) is 0 Å². The molecule has 0 bridgehead atoms. The van der Waals surface area contributed by atoms with Crippen LogP contribution >= 0.6 is 11.8 Å². The Bertz CT molecular complexity index is 509. The molecule has 2 N–H and O–H groups in total. The van der Waals surface area contributed by atoms with Gasteiger partial charge in [0, 0.05) is 17.4 Å². The minimum atomic E-state index is 0.0531. The van der Waals surface area contributed by atoms with E-state index in [2.05, 4.69) is 47.1 Å². The fraction of sp³-hybridized carbons (Fsp3) is 0.267.